The number of ether oxygens (including phenoxy) is 1. The lowest BCUT2D eigenvalue weighted by Crippen LogP contribution is -2.47. The van der Waals surface area contributed by atoms with Crippen LogP contribution in [0.3, 0.4) is 0 Å². The van der Waals surface area contributed by atoms with E-state index in [0.29, 0.717) is 0 Å². The summed E-state index contributed by atoms with van der Waals surface area (Å²) in [5.41, 5.74) is -0.122. The molecule has 2 rings (SSSR count). The van der Waals surface area contributed by atoms with Gasteiger partial charge in [-0.3, -0.25) is 10.1 Å². The van der Waals surface area contributed by atoms with Gasteiger partial charge in [0.25, 0.3) is 5.69 Å². The van der Waals surface area contributed by atoms with Crippen LogP contribution < -0.4 is 10.6 Å². The van der Waals surface area contributed by atoms with E-state index in [1.54, 1.807) is 7.11 Å². The third kappa shape index (κ3) is 3.85. The van der Waals surface area contributed by atoms with E-state index in [0.717, 1.165) is 31.7 Å². The zero-order valence-corrected chi connectivity index (χ0v) is 12.2. The molecule has 0 radical (unpaired) electrons. The van der Waals surface area contributed by atoms with E-state index >= 15 is 0 Å². The van der Waals surface area contributed by atoms with Crippen LogP contribution in [0.15, 0.2) is 18.2 Å². The van der Waals surface area contributed by atoms with E-state index in [2.05, 4.69) is 10.6 Å². The fourth-order valence-electron chi connectivity index (χ4n) is 2.61. The number of nitro benzene ring substituents is 1. The second-order valence-electron chi connectivity index (χ2n) is 5.22. The molecule has 0 aliphatic heterocycles. The molecule has 8 nitrogen and oxygen atoms in total. The lowest BCUT2D eigenvalue weighted by Gasteiger charge is -2.31. The van der Waals surface area contributed by atoms with Gasteiger partial charge in [0.05, 0.1) is 28.8 Å². The molecule has 0 heterocycles. The van der Waals surface area contributed by atoms with Crippen molar-refractivity contribution in [3.63, 3.8) is 0 Å². The van der Waals surface area contributed by atoms with Crippen LogP contribution in [-0.4, -0.2) is 35.3 Å². The largest absolute Gasteiger partial charge is 0.506 e. The van der Waals surface area contributed by atoms with Crippen LogP contribution >= 0.6 is 0 Å². The molecule has 2 amide bonds. The average Bonchev–Trinajstić information content (AvgIpc) is 2.49. The molecule has 1 aromatic carbocycles. The van der Waals surface area contributed by atoms with Gasteiger partial charge >= 0.3 is 6.03 Å². The first kappa shape index (κ1) is 16.0. The highest BCUT2D eigenvalue weighted by Gasteiger charge is 2.26. The topological polar surface area (TPSA) is 114 Å². The average molecular weight is 309 g/mol. The minimum atomic E-state index is -0.616. The summed E-state index contributed by atoms with van der Waals surface area (Å²) in [6.45, 7) is 0. The normalized spacial score (nSPS) is 21.1. The van der Waals surface area contributed by atoms with Crippen molar-refractivity contribution in [3.05, 3.63) is 28.3 Å². The van der Waals surface area contributed by atoms with Gasteiger partial charge in [0.1, 0.15) is 5.75 Å². The van der Waals surface area contributed by atoms with Gasteiger partial charge in [0.15, 0.2) is 0 Å². The van der Waals surface area contributed by atoms with E-state index in [-0.39, 0.29) is 29.3 Å². The van der Waals surface area contributed by atoms with E-state index in [4.69, 9.17) is 4.74 Å². The molecule has 2 atom stereocenters. The van der Waals surface area contributed by atoms with Crippen molar-refractivity contribution in [1.82, 2.24) is 5.32 Å². The number of nitrogens with one attached hydrogen (secondary N) is 2. The van der Waals surface area contributed by atoms with Crippen LogP contribution in [-0.2, 0) is 4.74 Å². The maximum Gasteiger partial charge on any atom is 0.319 e. The van der Waals surface area contributed by atoms with Crippen LogP contribution in [0.2, 0.25) is 0 Å². The molecule has 0 bridgehead atoms. The SMILES string of the molecule is COC1CCCCC1NC(=O)Nc1ccc([N+](=O)[O-])cc1O. The Labute approximate surface area is 127 Å². The number of amides is 2. The summed E-state index contributed by atoms with van der Waals surface area (Å²) in [4.78, 5) is 22.0. The summed E-state index contributed by atoms with van der Waals surface area (Å²) in [6.07, 6.45) is 3.79. The number of aromatic hydroxyl groups is 1. The van der Waals surface area contributed by atoms with Gasteiger partial charge in [-0.25, -0.2) is 4.79 Å². The van der Waals surface area contributed by atoms with Crippen LogP contribution in [0.4, 0.5) is 16.2 Å². The number of carbonyl (C=O) groups excluding carboxylic acids is 1. The molecule has 8 heteroatoms. The second-order valence-corrected chi connectivity index (χ2v) is 5.22. The van der Waals surface area contributed by atoms with E-state index in [9.17, 15) is 20.0 Å². The molecular formula is C14H19N3O5. The Kier molecular flexibility index (Phi) is 5.16. The molecule has 1 fully saturated rings. The molecule has 1 aliphatic carbocycles. The van der Waals surface area contributed by atoms with Gasteiger partial charge in [0.2, 0.25) is 0 Å². The Bertz CT molecular complexity index is 563. The highest BCUT2D eigenvalue weighted by molar-refractivity contribution is 5.91. The fraction of sp³-hybridized carbons (Fsp3) is 0.500. The summed E-state index contributed by atoms with van der Waals surface area (Å²) in [5.74, 6) is -0.351. The quantitative estimate of drug-likeness (QED) is 0.449. The van der Waals surface area contributed by atoms with Crippen LogP contribution in [0.5, 0.6) is 5.75 Å². The zero-order valence-electron chi connectivity index (χ0n) is 12.2. The van der Waals surface area contributed by atoms with Crippen LogP contribution in [0.1, 0.15) is 25.7 Å². The summed E-state index contributed by atoms with van der Waals surface area (Å²) < 4.78 is 5.35. The highest BCUT2D eigenvalue weighted by Crippen LogP contribution is 2.28. The molecule has 3 N–H and O–H groups in total. The number of nitrogens with zero attached hydrogens (tertiary/aromatic N) is 1. The number of carbonyl (C=O) groups is 1. The number of urea groups is 1. The molecule has 1 saturated carbocycles. The Balaban J connectivity index is 1.98. The summed E-state index contributed by atoms with van der Waals surface area (Å²) in [6, 6.07) is 2.95. The summed E-state index contributed by atoms with van der Waals surface area (Å²) >= 11 is 0. The van der Waals surface area contributed by atoms with E-state index < -0.39 is 11.0 Å². The van der Waals surface area contributed by atoms with E-state index in [1.807, 2.05) is 0 Å². The van der Waals surface area contributed by atoms with Crippen molar-refractivity contribution in [1.29, 1.82) is 0 Å². The number of non-ortho nitro benzene ring substituents is 1. The molecule has 0 aromatic heterocycles. The molecule has 2 unspecified atom stereocenters. The number of phenolic OH excluding ortho intramolecular Hbond substituents is 1. The molecule has 1 aromatic rings. The first-order valence-corrected chi connectivity index (χ1v) is 7.09. The number of nitro groups is 1. The Morgan fingerprint density at radius 3 is 2.77 bits per heavy atom. The van der Waals surface area contributed by atoms with Crippen molar-refractivity contribution in [2.24, 2.45) is 0 Å². The Morgan fingerprint density at radius 2 is 2.14 bits per heavy atom. The van der Waals surface area contributed by atoms with Crippen molar-refractivity contribution in [2.75, 3.05) is 12.4 Å². The summed E-state index contributed by atoms with van der Waals surface area (Å²) in [7, 11) is 1.62. The number of phenols is 1. The van der Waals surface area contributed by atoms with Crippen molar-refractivity contribution < 1.29 is 19.6 Å². The van der Waals surface area contributed by atoms with Gasteiger partial charge in [-0.15, -0.1) is 0 Å². The van der Waals surface area contributed by atoms with E-state index in [1.165, 1.54) is 12.1 Å². The highest BCUT2D eigenvalue weighted by atomic mass is 16.6. The Morgan fingerprint density at radius 1 is 1.41 bits per heavy atom. The number of anilines is 1. The smallest absolute Gasteiger partial charge is 0.319 e. The standard InChI is InChI=1S/C14H19N3O5/c1-22-13-5-3-2-4-11(13)16-14(19)15-10-7-6-9(17(20)21)8-12(10)18/h6-8,11,13,18H,2-5H2,1H3,(H2,15,16,19). The van der Waals surface area contributed by atoms with Crippen molar-refractivity contribution in [2.45, 2.75) is 37.8 Å². The number of hydrogen-bond donors (Lipinski definition) is 3. The minimum absolute atomic E-state index is 0.0232. The number of benzene rings is 1. The van der Waals surface area contributed by atoms with Gasteiger partial charge < -0.3 is 20.5 Å². The predicted molar refractivity (Wildman–Crippen MR) is 80.0 cm³/mol. The van der Waals surface area contributed by atoms with Gasteiger partial charge in [-0.05, 0) is 18.9 Å². The second kappa shape index (κ2) is 7.08. The molecule has 1 aliphatic rings. The maximum absolute atomic E-state index is 12.0. The molecule has 22 heavy (non-hydrogen) atoms. The number of methoxy groups -OCH3 is 1. The third-order valence-corrected chi connectivity index (χ3v) is 3.76. The zero-order chi connectivity index (χ0) is 16.1. The predicted octanol–water partition coefficient (Wildman–Crippen LogP) is 2.38. The minimum Gasteiger partial charge on any atom is -0.506 e. The maximum atomic E-state index is 12.0. The number of hydrogen-bond acceptors (Lipinski definition) is 5. The van der Waals surface area contributed by atoms with Crippen molar-refractivity contribution in [3.8, 4) is 5.75 Å². The molecule has 0 spiro atoms. The monoisotopic (exact) mass is 309 g/mol. The van der Waals surface area contributed by atoms with Crippen molar-refractivity contribution >= 4 is 17.4 Å². The third-order valence-electron chi connectivity index (χ3n) is 3.76. The Hall–Kier alpha value is -2.35. The first-order chi connectivity index (χ1) is 10.5. The summed E-state index contributed by atoms with van der Waals surface area (Å²) in [5, 5.41) is 25.6. The molecule has 0 saturated heterocycles. The number of rotatable bonds is 4. The fourth-order valence-corrected chi connectivity index (χ4v) is 2.61. The van der Waals surface area contributed by atoms with Gasteiger partial charge in [-0.2, -0.15) is 0 Å². The molecule has 120 valence electrons. The molecular weight excluding hydrogens is 290 g/mol. The van der Waals surface area contributed by atoms with Crippen LogP contribution in [0, 0.1) is 10.1 Å². The van der Waals surface area contributed by atoms with Crippen LogP contribution in [0.25, 0.3) is 0 Å². The van der Waals surface area contributed by atoms with Gasteiger partial charge in [-0.1, -0.05) is 12.8 Å². The van der Waals surface area contributed by atoms with Gasteiger partial charge in [0, 0.05) is 13.2 Å². The lowest BCUT2D eigenvalue weighted by atomic mass is 9.92. The lowest BCUT2D eigenvalue weighted by molar-refractivity contribution is -0.384. The first-order valence-electron chi connectivity index (χ1n) is 7.09.